The predicted molar refractivity (Wildman–Crippen MR) is 80.4 cm³/mol. The van der Waals surface area contributed by atoms with Crippen LogP contribution >= 0.6 is 11.8 Å². The van der Waals surface area contributed by atoms with Gasteiger partial charge in [0, 0.05) is 37.1 Å². The van der Waals surface area contributed by atoms with Gasteiger partial charge in [-0.1, -0.05) is 0 Å². The summed E-state index contributed by atoms with van der Waals surface area (Å²) in [6.45, 7) is 2.87. The summed E-state index contributed by atoms with van der Waals surface area (Å²) < 4.78 is 13.8. The molecule has 0 bridgehead atoms. The first-order valence-electron chi connectivity index (χ1n) is 7.17. The predicted octanol–water partition coefficient (Wildman–Crippen LogP) is 3.02. The lowest BCUT2D eigenvalue weighted by atomic mass is 10.1. The minimum Gasteiger partial charge on any atom is -0.371 e. The fourth-order valence-electron chi connectivity index (χ4n) is 2.47. The monoisotopic (exact) mass is 280 g/mol. The highest BCUT2D eigenvalue weighted by Crippen LogP contribution is 2.23. The first kappa shape index (κ1) is 13.3. The van der Waals surface area contributed by atoms with E-state index >= 15 is 0 Å². The lowest BCUT2D eigenvalue weighted by molar-refractivity contribution is 0.618. The molecule has 1 N–H and O–H groups in total. The number of hydrogen-bond donors (Lipinski definition) is 1. The van der Waals surface area contributed by atoms with Gasteiger partial charge in [-0.2, -0.15) is 11.8 Å². The Hall–Kier alpha value is -0.740. The smallest absolute Gasteiger partial charge is 0.125 e. The van der Waals surface area contributed by atoms with E-state index < -0.39 is 0 Å². The molecular formula is C15H21FN2S. The Kier molecular flexibility index (Phi) is 4.28. The molecule has 1 aliphatic carbocycles. The van der Waals surface area contributed by atoms with E-state index in [1.807, 2.05) is 11.8 Å². The Morgan fingerprint density at radius 3 is 2.95 bits per heavy atom. The van der Waals surface area contributed by atoms with Gasteiger partial charge < -0.3 is 10.2 Å². The Balaban J connectivity index is 1.71. The molecule has 3 rings (SSSR count). The third kappa shape index (κ3) is 3.86. The third-order valence-corrected chi connectivity index (χ3v) is 4.75. The average molecular weight is 280 g/mol. The van der Waals surface area contributed by atoms with Crippen LogP contribution in [0.15, 0.2) is 18.2 Å². The van der Waals surface area contributed by atoms with E-state index in [0.717, 1.165) is 36.6 Å². The topological polar surface area (TPSA) is 15.3 Å². The molecule has 0 atom stereocenters. The molecule has 0 aromatic heterocycles. The zero-order chi connectivity index (χ0) is 13.1. The second kappa shape index (κ2) is 6.14. The number of anilines is 1. The van der Waals surface area contributed by atoms with Gasteiger partial charge in [-0.3, -0.25) is 0 Å². The van der Waals surface area contributed by atoms with Crippen molar-refractivity contribution < 1.29 is 4.39 Å². The van der Waals surface area contributed by atoms with Gasteiger partial charge in [-0.05, 0) is 48.8 Å². The summed E-state index contributed by atoms with van der Waals surface area (Å²) in [5.74, 6) is 2.26. The van der Waals surface area contributed by atoms with E-state index in [1.165, 1.54) is 25.0 Å². The zero-order valence-corrected chi connectivity index (χ0v) is 12.0. The quantitative estimate of drug-likeness (QED) is 0.912. The van der Waals surface area contributed by atoms with E-state index in [2.05, 4.69) is 16.3 Å². The van der Waals surface area contributed by atoms with Gasteiger partial charge >= 0.3 is 0 Å². The minimum atomic E-state index is -0.109. The molecular weight excluding hydrogens is 259 g/mol. The van der Waals surface area contributed by atoms with Crippen LogP contribution in [0.25, 0.3) is 0 Å². The van der Waals surface area contributed by atoms with Crippen molar-refractivity contribution >= 4 is 17.4 Å². The van der Waals surface area contributed by atoms with E-state index in [9.17, 15) is 4.39 Å². The normalized spacial score (nSPS) is 20.4. The highest BCUT2D eigenvalue weighted by atomic mass is 32.2. The van der Waals surface area contributed by atoms with Crippen LogP contribution in [-0.2, 0) is 6.54 Å². The van der Waals surface area contributed by atoms with Crippen LogP contribution in [0.5, 0.6) is 0 Å². The molecule has 0 radical (unpaired) electrons. The number of benzene rings is 1. The average Bonchev–Trinajstić information content (AvgIpc) is 3.23. The maximum atomic E-state index is 13.8. The Labute approximate surface area is 118 Å². The van der Waals surface area contributed by atoms with Crippen LogP contribution in [0.3, 0.4) is 0 Å². The Bertz CT molecular complexity index is 426. The molecule has 1 aromatic carbocycles. The van der Waals surface area contributed by atoms with E-state index in [4.69, 9.17) is 0 Å². The van der Waals surface area contributed by atoms with Crippen molar-refractivity contribution in [2.24, 2.45) is 0 Å². The lowest BCUT2D eigenvalue weighted by Crippen LogP contribution is -2.26. The maximum absolute atomic E-state index is 13.8. The molecule has 2 fully saturated rings. The van der Waals surface area contributed by atoms with E-state index in [-0.39, 0.29) is 5.82 Å². The lowest BCUT2D eigenvalue weighted by Gasteiger charge is -2.23. The first-order valence-corrected chi connectivity index (χ1v) is 8.32. The highest BCUT2D eigenvalue weighted by molar-refractivity contribution is 7.99. The fraction of sp³-hybridized carbons (Fsp3) is 0.600. The summed E-state index contributed by atoms with van der Waals surface area (Å²) in [5, 5.41) is 3.45. The second-order valence-corrected chi connectivity index (χ2v) is 6.65. The molecule has 0 spiro atoms. The van der Waals surface area contributed by atoms with Crippen LogP contribution in [0.1, 0.15) is 24.8 Å². The molecule has 1 aliphatic heterocycles. The number of nitrogens with zero attached hydrogens (tertiary/aromatic N) is 1. The van der Waals surface area contributed by atoms with Crippen LogP contribution in [-0.4, -0.2) is 30.6 Å². The van der Waals surface area contributed by atoms with Gasteiger partial charge in [0.1, 0.15) is 5.82 Å². The molecule has 1 saturated heterocycles. The number of nitrogens with one attached hydrogen (secondary N) is 1. The summed E-state index contributed by atoms with van der Waals surface area (Å²) in [7, 11) is 0. The second-order valence-electron chi connectivity index (χ2n) is 5.43. The largest absolute Gasteiger partial charge is 0.371 e. The van der Waals surface area contributed by atoms with E-state index in [0.29, 0.717) is 6.04 Å². The number of thioether (sulfide) groups is 1. The van der Waals surface area contributed by atoms with E-state index in [1.54, 1.807) is 12.1 Å². The number of halogens is 1. The van der Waals surface area contributed by atoms with Gasteiger partial charge in [0.15, 0.2) is 0 Å². The minimum absolute atomic E-state index is 0.109. The summed E-state index contributed by atoms with van der Waals surface area (Å²) in [6, 6.07) is 6.15. The van der Waals surface area contributed by atoms with Crippen molar-refractivity contribution in [2.75, 3.05) is 29.5 Å². The van der Waals surface area contributed by atoms with Crippen molar-refractivity contribution in [3.05, 3.63) is 29.6 Å². The maximum Gasteiger partial charge on any atom is 0.125 e. The molecule has 104 valence electrons. The first-order chi connectivity index (χ1) is 9.31. The summed E-state index contributed by atoms with van der Waals surface area (Å²) in [4.78, 5) is 2.32. The van der Waals surface area contributed by atoms with Gasteiger partial charge in [-0.25, -0.2) is 4.39 Å². The molecule has 0 unspecified atom stereocenters. The molecule has 19 heavy (non-hydrogen) atoms. The molecule has 1 aromatic rings. The number of hydrogen-bond acceptors (Lipinski definition) is 3. The van der Waals surface area contributed by atoms with Gasteiger partial charge in [0.25, 0.3) is 0 Å². The van der Waals surface area contributed by atoms with Crippen molar-refractivity contribution in [1.82, 2.24) is 5.32 Å². The third-order valence-electron chi connectivity index (χ3n) is 3.70. The Morgan fingerprint density at radius 1 is 1.21 bits per heavy atom. The van der Waals surface area contributed by atoms with Crippen LogP contribution in [0, 0.1) is 5.82 Å². The van der Waals surface area contributed by atoms with Gasteiger partial charge in [-0.15, -0.1) is 0 Å². The molecule has 1 heterocycles. The molecule has 0 amide bonds. The fourth-order valence-corrected chi connectivity index (χ4v) is 3.36. The van der Waals surface area contributed by atoms with Gasteiger partial charge in [0.05, 0.1) is 0 Å². The molecule has 1 saturated carbocycles. The molecule has 4 heteroatoms. The zero-order valence-electron chi connectivity index (χ0n) is 11.2. The summed E-state index contributed by atoms with van der Waals surface area (Å²) in [5.41, 5.74) is 2.12. The van der Waals surface area contributed by atoms with Crippen LogP contribution in [0.4, 0.5) is 10.1 Å². The highest BCUT2D eigenvalue weighted by Gasteiger charge is 2.20. The Morgan fingerprint density at radius 2 is 2.11 bits per heavy atom. The van der Waals surface area contributed by atoms with Crippen LogP contribution < -0.4 is 10.2 Å². The van der Waals surface area contributed by atoms with Crippen molar-refractivity contribution in [3.63, 3.8) is 0 Å². The van der Waals surface area contributed by atoms with Crippen molar-refractivity contribution in [2.45, 2.75) is 31.8 Å². The van der Waals surface area contributed by atoms with Crippen molar-refractivity contribution in [1.29, 1.82) is 0 Å². The van der Waals surface area contributed by atoms with Gasteiger partial charge in [0.2, 0.25) is 0 Å². The number of rotatable bonds is 4. The molecule has 2 aliphatic rings. The SMILES string of the molecule is Fc1cc(CNC2CC2)cc(N2CCCSCC2)c1. The summed E-state index contributed by atoms with van der Waals surface area (Å²) >= 11 is 2.00. The molecule has 2 nitrogen and oxygen atoms in total. The van der Waals surface area contributed by atoms with Crippen LogP contribution in [0.2, 0.25) is 0 Å². The summed E-state index contributed by atoms with van der Waals surface area (Å²) in [6.07, 6.45) is 3.73. The van der Waals surface area contributed by atoms with Crippen molar-refractivity contribution in [3.8, 4) is 0 Å². The standard InChI is InChI=1S/C15H21FN2S/c16-13-8-12(11-17-14-2-3-14)9-15(10-13)18-4-1-6-19-7-5-18/h8-10,14,17H,1-7,11H2.